The molecule has 0 bridgehead atoms. The lowest BCUT2D eigenvalue weighted by atomic mass is 9.87. The number of anilines is 1. The van der Waals surface area contributed by atoms with Gasteiger partial charge in [-0.2, -0.15) is 10.1 Å². The summed E-state index contributed by atoms with van der Waals surface area (Å²) in [6, 6.07) is 10.1. The highest BCUT2D eigenvalue weighted by Gasteiger charge is 2.42. The van der Waals surface area contributed by atoms with Crippen molar-refractivity contribution >= 4 is 17.6 Å². The second-order valence-corrected chi connectivity index (χ2v) is 6.74. The molecule has 7 heteroatoms. The van der Waals surface area contributed by atoms with E-state index in [0.717, 1.165) is 42.8 Å². The van der Waals surface area contributed by atoms with E-state index in [1.54, 1.807) is 0 Å². The third-order valence-corrected chi connectivity index (χ3v) is 4.95. The van der Waals surface area contributed by atoms with Gasteiger partial charge < -0.3 is 11.5 Å². The monoisotopic (exact) mass is 337 g/mol. The van der Waals surface area contributed by atoms with E-state index in [4.69, 9.17) is 16.5 Å². The van der Waals surface area contributed by atoms with Crippen molar-refractivity contribution in [2.75, 3.05) is 4.90 Å². The summed E-state index contributed by atoms with van der Waals surface area (Å²) in [4.78, 5) is 10.9. The maximum absolute atomic E-state index is 6.26. The molecule has 0 radical (unpaired) electrons. The number of rotatable bonds is 2. The van der Waals surface area contributed by atoms with Crippen molar-refractivity contribution in [3.8, 4) is 5.69 Å². The van der Waals surface area contributed by atoms with E-state index in [0.29, 0.717) is 5.96 Å². The smallest absolute Gasteiger partial charge is 0.220 e. The Balaban J connectivity index is 1.70. The van der Waals surface area contributed by atoms with Crippen LogP contribution in [0.15, 0.2) is 46.5 Å². The molecule has 2 aliphatic rings. The largest absolute Gasteiger partial charge is 0.369 e. The van der Waals surface area contributed by atoms with Crippen molar-refractivity contribution in [3.63, 3.8) is 0 Å². The van der Waals surface area contributed by atoms with Crippen LogP contribution in [0.25, 0.3) is 5.69 Å². The first-order valence-corrected chi connectivity index (χ1v) is 8.70. The molecule has 1 aliphatic heterocycles. The summed E-state index contributed by atoms with van der Waals surface area (Å²) in [5, 5.41) is 4.45. The lowest BCUT2D eigenvalue weighted by Gasteiger charge is -2.45. The van der Waals surface area contributed by atoms with Gasteiger partial charge in [-0.15, -0.1) is 0 Å². The van der Waals surface area contributed by atoms with Crippen molar-refractivity contribution in [3.05, 3.63) is 42.2 Å². The van der Waals surface area contributed by atoms with Gasteiger partial charge in [-0.3, -0.25) is 4.90 Å². The van der Waals surface area contributed by atoms with Gasteiger partial charge in [0.1, 0.15) is 5.66 Å². The number of nitrogens with zero attached hydrogens (tertiary/aromatic N) is 5. The molecule has 1 aromatic carbocycles. The Labute approximate surface area is 147 Å². The highest BCUT2D eigenvalue weighted by atomic mass is 15.4. The van der Waals surface area contributed by atoms with Gasteiger partial charge in [0, 0.05) is 11.9 Å². The van der Waals surface area contributed by atoms with E-state index in [9.17, 15) is 0 Å². The molecule has 2 aromatic rings. The molecule has 0 unspecified atom stereocenters. The van der Waals surface area contributed by atoms with Gasteiger partial charge in [0.25, 0.3) is 0 Å². The summed E-state index contributed by atoms with van der Waals surface area (Å²) in [5.41, 5.74) is 14.7. The third-order valence-electron chi connectivity index (χ3n) is 4.95. The average molecular weight is 337 g/mol. The Morgan fingerprint density at radius 3 is 2.28 bits per heavy atom. The van der Waals surface area contributed by atoms with Crippen LogP contribution in [-0.2, 0) is 0 Å². The fourth-order valence-corrected chi connectivity index (χ4v) is 3.81. The predicted octanol–water partition coefficient (Wildman–Crippen LogP) is 2.29. The molecule has 2 heterocycles. The molecule has 7 nitrogen and oxygen atoms in total. The van der Waals surface area contributed by atoms with E-state index in [1.807, 2.05) is 53.0 Å². The lowest BCUT2D eigenvalue weighted by Crippen LogP contribution is -2.58. The first-order chi connectivity index (χ1) is 12.1. The molecule has 1 aromatic heterocycles. The molecular formula is C18H23N7. The number of aryl methyl sites for hydroxylation is 1. The van der Waals surface area contributed by atoms with Crippen LogP contribution in [0.3, 0.4) is 0 Å². The average Bonchev–Trinajstić information content (AvgIpc) is 3.02. The third kappa shape index (κ3) is 2.75. The minimum Gasteiger partial charge on any atom is -0.369 e. The fourth-order valence-electron chi connectivity index (χ4n) is 3.81. The summed E-state index contributed by atoms with van der Waals surface area (Å²) < 4.78 is 1.86. The number of nitrogens with two attached hydrogens (primary N) is 2. The van der Waals surface area contributed by atoms with Crippen molar-refractivity contribution in [1.29, 1.82) is 0 Å². The van der Waals surface area contributed by atoms with Gasteiger partial charge in [0.2, 0.25) is 11.9 Å². The van der Waals surface area contributed by atoms with E-state index >= 15 is 0 Å². The van der Waals surface area contributed by atoms with Crippen LogP contribution in [0.5, 0.6) is 0 Å². The van der Waals surface area contributed by atoms with Crippen LogP contribution in [-0.4, -0.2) is 27.4 Å². The fraction of sp³-hybridized carbons (Fsp3) is 0.389. The Morgan fingerprint density at radius 1 is 0.960 bits per heavy atom. The number of guanidine groups is 2. The lowest BCUT2D eigenvalue weighted by molar-refractivity contribution is 0.305. The Bertz CT molecular complexity index is 825. The highest BCUT2D eigenvalue weighted by molar-refractivity contribution is 6.05. The second-order valence-electron chi connectivity index (χ2n) is 6.74. The predicted molar refractivity (Wildman–Crippen MR) is 99.8 cm³/mol. The van der Waals surface area contributed by atoms with Gasteiger partial charge in [-0.1, -0.05) is 6.42 Å². The molecule has 25 heavy (non-hydrogen) atoms. The SMILES string of the molecule is Cc1ccn(-c2ccc(N3C(N)=NC(N)=NC34CCCCC4)cc2)n1. The van der Waals surface area contributed by atoms with Crippen molar-refractivity contribution in [2.45, 2.75) is 44.7 Å². The molecule has 0 saturated heterocycles. The summed E-state index contributed by atoms with van der Waals surface area (Å²) in [5.74, 6) is 0.691. The highest BCUT2D eigenvalue weighted by Crippen LogP contribution is 2.39. The maximum atomic E-state index is 6.26. The van der Waals surface area contributed by atoms with E-state index in [-0.39, 0.29) is 5.96 Å². The van der Waals surface area contributed by atoms with Crippen LogP contribution in [0.4, 0.5) is 5.69 Å². The molecule has 1 spiro atoms. The second kappa shape index (κ2) is 5.91. The Hall–Kier alpha value is -2.83. The number of hydrogen-bond acceptors (Lipinski definition) is 6. The van der Waals surface area contributed by atoms with E-state index in [1.165, 1.54) is 6.42 Å². The van der Waals surface area contributed by atoms with Crippen LogP contribution in [0.2, 0.25) is 0 Å². The number of aliphatic imine (C=N–C) groups is 2. The van der Waals surface area contributed by atoms with E-state index in [2.05, 4.69) is 10.1 Å². The molecular weight excluding hydrogens is 314 g/mol. The summed E-state index contributed by atoms with van der Waals surface area (Å²) >= 11 is 0. The number of aromatic nitrogens is 2. The van der Waals surface area contributed by atoms with Gasteiger partial charge >= 0.3 is 0 Å². The molecule has 0 atom stereocenters. The summed E-state index contributed by atoms with van der Waals surface area (Å²) in [7, 11) is 0. The molecule has 4 N–H and O–H groups in total. The van der Waals surface area contributed by atoms with E-state index < -0.39 is 5.66 Å². The number of hydrogen-bond donors (Lipinski definition) is 2. The molecule has 1 aliphatic carbocycles. The standard InChI is InChI=1S/C18H23N7/c1-13-9-12-24(23-13)14-5-7-15(8-6-14)25-17(20)21-16(19)22-18(25)10-3-2-4-11-18/h5-9,12H,2-4,10-11H2,1H3,(H4,19,20,21,22). The minimum absolute atomic E-state index is 0.277. The zero-order valence-electron chi connectivity index (χ0n) is 14.4. The van der Waals surface area contributed by atoms with Crippen molar-refractivity contribution in [2.24, 2.45) is 21.5 Å². The summed E-state index contributed by atoms with van der Waals surface area (Å²) in [6.07, 6.45) is 7.28. The van der Waals surface area contributed by atoms with Crippen molar-refractivity contribution in [1.82, 2.24) is 9.78 Å². The first kappa shape index (κ1) is 15.7. The molecule has 130 valence electrons. The van der Waals surface area contributed by atoms with Crippen molar-refractivity contribution < 1.29 is 0 Å². The molecule has 0 amide bonds. The zero-order valence-corrected chi connectivity index (χ0v) is 14.4. The normalized spacial score (nSPS) is 19.6. The molecule has 1 saturated carbocycles. The van der Waals surface area contributed by atoms with Crippen LogP contribution in [0.1, 0.15) is 37.8 Å². The zero-order chi connectivity index (χ0) is 17.4. The van der Waals surface area contributed by atoms with Crippen LogP contribution >= 0.6 is 0 Å². The Kier molecular flexibility index (Phi) is 3.71. The van der Waals surface area contributed by atoms with Gasteiger partial charge in [-0.25, -0.2) is 9.67 Å². The topological polar surface area (TPSA) is 97.8 Å². The van der Waals surface area contributed by atoms with Crippen LogP contribution in [0, 0.1) is 6.92 Å². The van der Waals surface area contributed by atoms with Gasteiger partial charge in [-0.05, 0) is 62.9 Å². The minimum atomic E-state index is -0.405. The van der Waals surface area contributed by atoms with Gasteiger partial charge in [0.15, 0.2) is 0 Å². The van der Waals surface area contributed by atoms with Gasteiger partial charge in [0.05, 0.1) is 11.4 Å². The molecule has 1 fully saturated rings. The molecule has 4 rings (SSSR count). The maximum Gasteiger partial charge on any atom is 0.220 e. The quantitative estimate of drug-likeness (QED) is 0.878. The summed E-state index contributed by atoms with van der Waals surface area (Å²) in [6.45, 7) is 1.98. The number of benzene rings is 1. The first-order valence-electron chi connectivity index (χ1n) is 8.70. The Morgan fingerprint density at radius 2 is 1.64 bits per heavy atom. The van der Waals surface area contributed by atoms with Crippen LogP contribution < -0.4 is 16.4 Å².